The first-order chi connectivity index (χ1) is 2.77. The summed E-state index contributed by atoms with van der Waals surface area (Å²) in [6.45, 7) is 0. The van der Waals surface area contributed by atoms with E-state index in [0.29, 0.717) is 12.3 Å². The van der Waals surface area contributed by atoms with Crippen LogP contribution in [-0.2, 0) is 4.79 Å². The lowest BCUT2D eigenvalue weighted by molar-refractivity contribution is -0.305. The number of alkyl halides is 1. The number of rotatable bonds is 2. The standard InChI is InChI=1S/C3H5Cl2O/c4-2-1-3(5)6/h5H,1-2H2/q+1. The summed E-state index contributed by atoms with van der Waals surface area (Å²) in [7, 11) is 0. The van der Waals surface area contributed by atoms with Crippen molar-refractivity contribution in [3.8, 4) is 0 Å². The third-order valence-electron chi connectivity index (χ3n) is 0.299. The van der Waals surface area contributed by atoms with Crippen LogP contribution in [0.1, 0.15) is 6.42 Å². The lowest BCUT2D eigenvalue weighted by atomic mass is 10.6. The van der Waals surface area contributed by atoms with Gasteiger partial charge in [-0.1, -0.05) is 0 Å². The average Bonchev–Trinajstić information content (AvgIpc) is 1.35. The molecule has 6 heavy (non-hydrogen) atoms. The molecule has 0 saturated heterocycles. The van der Waals surface area contributed by atoms with Gasteiger partial charge in [0.05, 0.1) is 6.42 Å². The highest BCUT2D eigenvalue weighted by Crippen LogP contribution is 1.81. The van der Waals surface area contributed by atoms with Gasteiger partial charge in [0.25, 0.3) is 0 Å². The summed E-state index contributed by atoms with van der Waals surface area (Å²) in [5.41, 5.74) is 0. The molecule has 0 spiro atoms. The summed E-state index contributed by atoms with van der Waals surface area (Å²) in [5.74, 6) is 0.350. The van der Waals surface area contributed by atoms with E-state index in [0.717, 1.165) is 0 Å². The highest BCUT2D eigenvalue weighted by molar-refractivity contribution is 6.18. The average molecular weight is 128 g/mol. The van der Waals surface area contributed by atoms with Gasteiger partial charge in [0.1, 0.15) is 0 Å². The molecule has 1 nitrogen and oxygen atoms in total. The smallest absolute Gasteiger partial charge is 0.225 e. The second-order valence-electron chi connectivity index (χ2n) is 0.811. The Hall–Kier alpha value is 0.250. The fourth-order valence-electron chi connectivity index (χ4n) is 0.0772. The predicted octanol–water partition coefficient (Wildman–Crippen LogP) is 0.424. The molecule has 0 radical (unpaired) electrons. The molecule has 36 valence electrons. The topological polar surface area (TPSA) is 17.1 Å². The first kappa shape index (κ1) is 6.25. The van der Waals surface area contributed by atoms with E-state index in [1.54, 1.807) is 0 Å². The molecule has 0 aliphatic carbocycles. The Kier molecular flexibility index (Phi) is 3.58. The van der Waals surface area contributed by atoms with E-state index in [1.807, 2.05) is 0 Å². The lowest BCUT2D eigenvalue weighted by Crippen LogP contribution is -1.89. The number of carbonyl (C=O) groups excluding carboxylic acids is 1. The largest absolute Gasteiger partial charge is 0.400 e. The summed E-state index contributed by atoms with van der Waals surface area (Å²) < 4.78 is 0. The van der Waals surface area contributed by atoms with Crippen LogP contribution in [0.5, 0.6) is 0 Å². The maximum absolute atomic E-state index is 9.77. The van der Waals surface area contributed by atoms with Crippen LogP contribution in [0, 0.1) is 11.6 Å². The van der Waals surface area contributed by atoms with Crippen LogP contribution < -0.4 is 0 Å². The molecule has 0 aromatic heterocycles. The van der Waals surface area contributed by atoms with Gasteiger partial charge in [-0.25, -0.2) is 4.79 Å². The third kappa shape index (κ3) is 4.25. The molecule has 0 amide bonds. The Morgan fingerprint density at radius 2 is 2.33 bits per heavy atom. The van der Waals surface area contributed by atoms with Gasteiger partial charge < -0.3 is 0 Å². The van der Waals surface area contributed by atoms with Crippen molar-refractivity contribution in [3.63, 3.8) is 0 Å². The Morgan fingerprint density at radius 1 is 1.83 bits per heavy atom. The van der Waals surface area contributed by atoms with E-state index in [9.17, 15) is 4.79 Å². The molecule has 0 saturated carbocycles. The van der Waals surface area contributed by atoms with Crippen LogP contribution in [0.3, 0.4) is 0 Å². The fraction of sp³-hybridized carbons (Fsp3) is 0.667. The first-order valence-corrected chi connectivity index (χ1v) is 2.47. The maximum atomic E-state index is 9.77. The number of halogens is 2. The highest BCUT2D eigenvalue weighted by Gasteiger charge is 1.99. The summed E-state index contributed by atoms with van der Waals surface area (Å²) in [5, 5.41) is -0.259. The minimum atomic E-state index is -0.259. The second kappa shape index (κ2) is 3.44. The van der Waals surface area contributed by atoms with Gasteiger partial charge in [0, 0.05) is 5.88 Å². The monoisotopic (exact) mass is 127 g/mol. The summed E-state index contributed by atoms with van der Waals surface area (Å²) in [6.07, 6.45) is 0.316. The van der Waals surface area contributed by atoms with Crippen molar-refractivity contribution < 1.29 is 16.4 Å². The fourth-order valence-corrected chi connectivity index (χ4v) is 0.463. The number of hydrogen-bond donors (Lipinski definition) is 0. The van der Waals surface area contributed by atoms with Gasteiger partial charge in [0.15, 0.2) is 11.6 Å². The normalized spacial score (nSPS) is 8.33. The van der Waals surface area contributed by atoms with E-state index in [4.69, 9.17) is 11.6 Å². The van der Waals surface area contributed by atoms with Crippen LogP contribution in [0.25, 0.3) is 0 Å². The van der Waals surface area contributed by atoms with E-state index >= 15 is 0 Å². The van der Waals surface area contributed by atoms with Gasteiger partial charge in [-0.15, -0.1) is 11.6 Å². The Balaban J connectivity index is 2.83. The maximum Gasteiger partial charge on any atom is 0.400 e. The van der Waals surface area contributed by atoms with Crippen LogP contribution in [0.15, 0.2) is 0 Å². The van der Waals surface area contributed by atoms with E-state index in [-0.39, 0.29) is 5.24 Å². The molecule has 0 atom stereocenters. The Labute approximate surface area is 46.2 Å². The van der Waals surface area contributed by atoms with Gasteiger partial charge >= 0.3 is 5.24 Å². The van der Waals surface area contributed by atoms with Gasteiger partial charge in [-0.3, -0.25) is 0 Å². The van der Waals surface area contributed by atoms with E-state index < -0.39 is 0 Å². The van der Waals surface area contributed by atoms with Crippen molar-refractivity contribution in [1.82, 2.24) is 0 Å². The molecule has 0 aromatic carbocycles. The predicted molar refractivity (Wildman–Crippen MR) is 21.7 cm³/mol. The van der Waals surface area contributed by atoms with Gasteiger partial charge in [-0.05, 0) is 0 Å². The van der Waals surface area contributed by atoms with Crippen LogP contribution >= 0.6 is 11.6 Å². The highest BCUT2D eigenvalue weighted by atomic mass is 35.5. The molecule has 0 bridgehead atoms. The Bertz CT molecular complexity index is 52.8. The van der Waals surface area contributed by atoms with Crippen molar-refractivity contribution >= 4 is 16.8 Å². The zero-order valence-corrected chi connectivity index (χ0v) is 4.68. The third-order valence-corrected chi connectivity index (χ3v) is 0.692. The lowest BCUT2D eigenvalue weighted by Gasteiger charge is -1.68. The van der Waals surface area contributed by atoms with Gasteiger partial charge in [0.2, 0.25) is 0 Å². The Morgan fingerprint density at radius 3 is 2.33 bits per heavy atom. The van der Waals surface area contributed by atoms with Crippen molar-refractivity contribution in [3.05, 3.63) is 0 Å². The molecular weight excluding hydrogens is 123 g/mol. The second-order valence-corrected chi connectivity index (χ2v) is 1.64. The SMILES string of the molecule is O=C([ClH+])CCCl. The van der Waals surface area contributed by atoms with Crippen molar-refractivity contribution in [2.24, 2.45) is 0 Å². The van der Waals surface area contributed by atoms with E-state index in [2.05, 4.69) is 11.6 Å². The molecule has 0 unspecified atom stereocenters. The van der Waals surface area contributed by atoms with E-state index in [1.165, 1.54) is 0 Å². The van der Waals surface area contributed by atoms with Crippen molar-refractivity contribution in [2.45, 2.75) is 6.42 Å². The molecule has 0 aliphatic rings. The summed E-state index contributed by atoms with van der Waals surface area (Å²) in [4.78, 5) is 9.77. The van der Waals surface area contributed by atoms with Crippen molar-refractivity contribution in [2.75, 3.05) is 5.88 Å². The van der Waals surface area contributed by atoms with Crippen LogP contribution in [0.2, 0.25) is 0 Å². The molecule has 0 heterocycles. The van der Waals surface area contributed by atoms with Gasteiger partial charge in [-0.2, -0.15) is 0 Å². The first-order valence-electron chi connectivity index (χ1n) is 1.53. The minimum Gasteiger partial charge on any atom is -0.225 e. The number of hydrogen-bond acceptors (Lipinski definition) is 1. The molecule has 0 fully saturated rings. The molecular formula is C3H5Cl2O+. The molecule has 0 aromatic rings. The zero-order chi connectivity index (χ0) is 4.99. The molecule has 0 N–H and O–H groups in total. The van der Waals surface area contributed by atoms with Crippen LogP contribution in [0.4, 0.5) is 0 Å². The number of carbonyl (C=O) groups is 1. The molecule has 0 rings (SSSR count). The zero-order valence-electron chi connectivity index (χ0n) is 3.11. The quantitative estimate of drug-likeness (QED) is 0.389. The van der Waals surface area contributed by atoms with Crippen LogP contribution in [-0.4, -0.2) is 11.1 Å². The summed E-state index contributed by atoms with van der Waals surface area (Å²) in [6, 6.07) is 0. The summed E-state index contributed by atoms with van der Waals surface area (Å²) >= 11 is 9.26. The minimum absolute atomic E-state index is 0.259. The molecule has 0 aliphatic heterocycles. The molecule has 3 heteroatoms. The van der Waals surface area contributed by atoms with Crippen molar-refractivity contribution in [1.29, 1.82) is 0 Å².